The predicted molar refractivity (Wildman–Crippen MR) is 73.1 cm³/mol. The summed E-state index contributed by atoms with van der Waals surface area (Å²) in [4.78, 5) is 8.31. The zero-order valence-corrected chi connectivity index (χ0v) is 10.9. The van der Waals surface area contributed by atoms with Crippen LogP contribution in [0.3, 0.4) is 0 Å². The van der Waals surface area contributed by atoms with E-state index >= 15 is 0 Å². The molecule has 1 aromatic heterocycles. The van der Waals surface area contributed by atoms with Gasteiger partial charge in [0.25, 0.3) is 0 Å². The van der Waals surface area contributed by atoms with E-state index < -0.39 is 0 Å². The summed E-state index contributed by atoms with van der Waals surface area (Å²) in [5.74, 6) is 1.26. The molecule has 1 heterocycles. The zero-order chi connectivity index (χ0) is 12.1. The number of benzene rings is 1. The first-order valence-electron chi connectivity index (χ1n) is 5.10. The standard InChI is InChI=1S/C12H12ClN3S/c1-17-12-6-11(14-8-15-12)16-10-5-3-2-4-9(10)7-13/h2-6,8H,7H2,1H3,(H,14,15,16). The van der Waals surface area contributed by atoms with Gasteiger partial charge in [-0.15, -0.1) is 23.4 Å². The maximum Gasteiger partial charge on any atom is 0.134 e. The predicted octanol–water partition coefficient (Wildman–Crippen LogP) is 3.68. The van der Waals surface area contributed by atoms with Gasteiger partial charge in [0.05, 0.1) is 0 Å². The van der Waals surface area contributed by atoms with Crippen molar-refractivity contribution in [3.8, 4) is 0 Å². The average Bonchev–Trinajstić information content (AvgIpc) is 2.39. The maximum absolute atomic E-state index is 5.88. The normalized spacial score (nSPS) is 10.2. The molecule has 0 radical (unpaired) electrons. The number of anilines is 2. The van der Waals surface area contributed by atoms with Crippen molar-refractivity contribution in [3.05, 3.63) is 42.2 Å². The van der Waals surface area contributed by atoms with Gasteiger partial charge in [-0.25, -0.2) is 9.97 Å². The first kappa shape index (κ1) is 12.2. The molecule has 0 amide bonds. The first-order chi connectivity index (χ1) is 8.33. The smallest absolute Gasteiger partial charge is 0.134 e. The number of rotatable bonds is 4. The van der Waals surface area contributed by atoms with Crippen LogP contribution in [-0.4, -0.2) is 16.2 Å². The second-order valence-electron chi connectivity index (χ2n) is 3.36. The van der Waals surface area contributed by atoms with Gasteiger partial charge in [0.2, 0.25) is 0 Å². The van der Waals surface area contributed by atoms with E-state index in [1.54, 1.807) is 18.1 Å². The van der Waals surface area contributed by atoms with E-state index in [1.807, 2.05) is 36.6 Å². The zero-order valence-electron chi connectivity index (χ0n) is 9.35. The van der Waals surface area contributed by atoms with Gasteiger partial charge < -0.3 is 5.32 Å². The number of alkyl halides is 1. The molecule has 5 heteroatoms. The monoisotopic (exact) mass is 265 g/mol. The van der Waals surface area contributed by atoms with Crippen LogP contribution in [0.5, 0.6) is 0 Å². The third kappa shape index (κ3) is 3.11. The van der Waals surface area contributed by atoms with E-state index in [9.17, 15) is 0 Å². The number of para-hydroxylation sites is 1. The van der Waals surface area contributed by atoms with Crippen molar-refractivity contribution in [2.75, 3.05) is 11.6 Å². The molecule has 3 nitrogen and oxygen atoms in total. The summed E-state index contributed by atoms with van der Waals surface area (Å²) >= 11 is 7.47. The summed E-state index contributed by atoms with van der Waals surface area (Å²) in [6.07, 6.45) is 3.54. The van der Waals surface area contributed by atoms with Crippen LogP contribution >= 0.6 is 23.4 Å². The summed E-state index contributed by atoms with van der Waals surface area (Å²) < 4.78 is 0. The number of nitrogens with zero attached hydrogens (tertiary/aromatic N) is 2. The van der Waals surface area contributed by atoms with Crippen LogP contribution in [0.25, 0.3) is 0 Å². The molecule has 2 aromatic rings. The third-order valence-corrected chi connectivity index (χ3v) is 3.20. The largest absolute Gasteiger partial charge is 0.340 e. The van der Waals surface area contributed by atoms with Gasteiger partial charge in [0, 0.05) is 17.6 Å². The Bertz CT molecular complexity index is 505. The molecule has 0 aliphatic rings. The van der Waals surface area contributed by atoms with E-state index in [0.29, 0.717) is 5.88 Å². The van der Waals surface area contributed by atoms with E-state index in [4.69, 9.17) is 11.6 Å². The molecular weight excluding hydrogens is 254 g/mol. The van der Waals surface area contributed by atoms with Gasteiger partial charge in [-0.1, -0.05) is 18.2 Å². The van der Waals surface area contributed by atoms with Crippen molar-refractivity contribution >= 4 is 34.9 Å². The third-order valence-electron chi connectivity index (χ3n) is 2.28. The minimum Gasteiger partial charge on any atom is -0.340 e. The molecule has 2 rings (SSSR count). The van der Waals surface area contributed by atoms with Gasteiger partial charge in [0.1, 0.15) is 17.2 Å². The van der Waals surface area contributed by atoms with E-state index in [0.717, 1.165) is 22.1 Å². The first-order valence-corrected chi connectivity index (χ1v) is 6.86. The summed E-state index contributed by atoms with van der Waals surface area (Å²) in [5.41, 5.74) is 2.03. The Morgan fingerprint density at radius 3 is 2.88 bits per heavy atom. The highest BCUT2D eigenvalue weighted by atomic mass is 35.5. The summed E-state index contributed by atoms with van der Waals surface area (Å²) in [5, 5.41) is 4.19. The highest BCUT2D eigenvalue weighted by molar-refractivity contribution is 7.98. The van der Waals surface area contributed by atoms with Crippen LogP contribution < -0.4 is 5.32 Å². The Morgan fingerprint density at radius 2 is 2.12 bits per heavy atom. The molecule has 1 N–H and O–H groups in total. The van der Waals surface area contributed by atoms with Crippen LogP contribution in [0.4, 0.5) is 11.5 Å². The molecule has 0 saturated carbocycles. The van der Waals surface area contributed by atoms with Gasteiger partial charge in [-0.2, -0.15) is 0 Å². The quantitative estimate of drug-likeness (QED) is 0.520. The van der Waals surface area contributed by atoms with E-state index in [2.05, 4.69) is 15.3 Å². The Hall–Kier alpha value is -1.26. The van der Waals surface area contributed by atoms with Crippen LogP contribution in [0, 0.1) is 0 Å². The second-order valence-corrected chi connectivity index (χ2v) is 4.46. The van der Waals surface area contributed by atoms with Gasteiger partial charge >= 0.3 is 0 Å². The fraction of sp³-hybridized carbons (Fsp3) is 0.167. The molecule has 17 heavy (non-hydrogen) atoms. The van der Waals surface area contributed by atoms with Crippen molar-refractivity contribution in [1.82, 2.24) is 9.97 Å². The van der Waals surface area contributed by atoms with Crippen molar-refractivity contribution in [2.45, 2.75) is 10.9 Å². The minimum atomic E-state index is 0.476. The lowest BCUT2D eigenvalue weighted by Gasteiger charge is -2.09. The Morgan fingerprint density at radius 1 is 1.29 bits per heavy atom. The summed E-state index contributed by atoms with van der Waals surface area (Å²) in [6.45, 7) is 0. The molecule has 0 aliphatic heterocycles. The topological polar surface area (TPSA) is 37.8 Å². The number of nitrogens with one attached hydrogen (secondary N) is 1. The molecule has 0 fully saturated rings. The lowest BCUT2D eigenvalue weighted by molar-refractivity contribution is 1.05. The molecule has 0 aliphatic carbocycles. The fourth-order valence-electron chi connectivity index (χ4n) is 1.42. The Kier molecular flexibility index (Phi) is 4.23. The second kappa shape index (κ2) is 5.89. The van der Waals surface area contributed by atoms with E-state index in [1.165, 1.54) is 0 Å². The molecule has 0 bridgehead atoms. The average molecular weight is 266 g/mol. The lowest BCUT2D eigenvalue weighted by atomic mass is 10.2. The van der Waals surface area contributed by atoms with Crippen molar-refractivity contribution < 1.29 is 0 Å². The van der Waals surface area contributed by atoms with Crippen molar-refractivity contribution in [1.29, 1.82) is 0 Å². The molecular formula is C12H12ClN3S. The number of hydrogen-bond donors (Lipinski definition) is 1. The Balaban J connectivity index is 2.24. The summed E-state index contributed by atoms with van der Waals surface area (Å²) in [7, 11) is 0. The van der Waals surface area contributed by atoms with E-state index in [-0.39, 0.29) is 0 Å². The SMILES string of the molecule is CSc1cc(Nc2ccccc2CCl)ncn1. The number of halogens is 1. The summed E-state index contributed by atoms with van der Waals surface area (Å²) in [6, 6.07) is 9.82. The number of thioether (sulfide) groups is 1. The van der Waals surface area contributed by atoms with Crippen LogP contribution in [0.2, 0.25) is 0 Å². The highest BCUT2D eigenvalue weighted by Gasteiger charge is 2.02. The molecule has 88 valence electrons. The van der Waals surface area contributed by atoms with Crippen LogP contribution in [0.1, 0.15) is 5.56 Å². The minimum absolute atomic E-state index is 0.476. The maximum atomic E-state index is 5.88. The van der Waals surface area contributed by atoms with Crippen molar-refractivity contribution in [3.63, 3.8) is 0 Å². The van der Waals surface area contributed by atoms with Crippen molar-refractivity contribution in [2.24, 2.45) is 0 Å². The van der Waals surface area contributed by atoms with Gasteiger partial charge in [0.15, 0.2) is 0 Å². The van der Waals surface area contributed by atoms with Crippen LogP contribution in [-0.2, 0) is 5.88 Å². The number of aromatic nitrogens is 2. The molecule has 0 saturated heterocycles. The molecule has 0 atom stereocenters. The lowest BCUT2D eigenvalue weighted by Crippen LogP contribution is -1.97. The highest BCUT2D eigenvalue weighted by Crippen LogP contribution is 2.22. The molecule has 0 spiro atoms. The van der Waals surface area contributed by atoms with Gasteiger partial charge in [-0.05, 0) is 17.9 Å². The molecule has 0 unspecified atom stereocenters. The van der Waals surface area contributed by atoms with Gasteiger partial charge in [-0.3, -0.25) is 0 Å². The van der Waals surface area contributed by atoms with Crippen LogP contribution in [0.15, 0.2) is 41.7 Å². The number of hydrogen-bond acceptors (Lipinski definition) is 4. The Labute approximate surface area is 110 Å². The molecule has 1 aromatic carbocycles. The fourth-order valence-corrected chi connectivity index (χ4v) is 2.03.